The van der Waals surface area contributed by atoms with E-state index in [2.05, 4.69) is 40.8 Å². The maximum absolute atomic E-state index is 5.83. The molecule has 1 nitrogen and oxygen atoms in total. The smallest absolute Gasteiger partial charge is 0.192 e. The summed E-state index contributed by atoms with van der Waals surface area (Å²) in [4.78, 5) is 0. The summed E-state index contributed by atoms with van der Waals surface area (Å²) in [5, 5.41) is 0.305. The molecule has 1 radical (unpaired) electrons. The molecule has 0 bridgehead atoms. The fourth-order valence-corrected chi connectivity index (χ4v) is 2.04. The molecule has 0 unspecified atom stereocenters. The maximum atomic E-state index is 5.83. The average Bonchev–Trinajstić information content (AvgIpc) is 1.56. The van der Waals surface area contributed by atoms with Gasteiger partial charge in [0.15, 0.2) is 8.32 Å². The lowest BCUT2D eigenvalue weighted by molar-refractivity contribution is 0.241. The van der Waals surface area contributed by atoms with Crippen LogP contribution in [-0.4, -0.2) is 14.4 Å². The van der Waals surface area contributed by atoms with Crippen LogP contribution in [0.2, 0.25) is 18.1 Å². The third-order valence-corrected chi connectivity index (χ3v) is 6.91. The second kappa shape index (κ2) is 3.28. The van der Waals surface area contributed by atoms with Crippen LogP contribution in [0.5, 0.6) is 0 Å². The van der Waals surface area contributed by atoms with Gasteiger partial charge in [0.25, 0.3) is 0 Å². The first kappa shape index (κ1) is 11.2. The van der Waals surface area contributed by atoms with E-state index in [1.807, 2.05) is 6.92 Å². The molecule has 0 amide bonds. The Morgan fingerprint density at radius 1 is 1.27 bits per heavy atom. The Hall–Kier alpha value is 0.177. The van der Waals surface area contributed by atoms with Gasteiger partial charge in [-0.1, -0.05) is 20.8 Å². The molecule has 0 aliphatic carbocycles. The van der Waals surface area contributed by atoms with E-state index >= 15 is 0 Å². The van der Waals surface area contributed by atoms with Gasteiger partial charge >= 0.3 is 0 Å². The molecule has 11 heavy (non-hydrogen) atoms. The predicted octanol–water partition coefficient (Wildman–Crippen LogP) is 3.23. The highest BCUT2D eigenvalue weighted by atomic mass is 28.4. The van der Waals surface area contributed by atoms with Crippen LogP contribution < -0.4 is 0 Å². The number of rotatable bonds is 2. The lowest BCUT2D eigenvalue weighted by atomic mass is 10.2. The fraction of sp³-hybridized carbons (Fsp3) is 0.889. The highest BCUT2D eigenvalue weighted by Crippen LogP contribution is 2.37. The minimum absolute atomic E-state index is 0.121. The van der Waals surface area contributed by atoms with Crippen LogP contribution in [0.3, 0.4) is 0 Å². The second-order valence-corrected chi connectivity index (χ2v) is 9.45. The zero-order valence-electron chi connectivity index (χ0n) is 8.69. The Morgan fingerprint density at radius 2 is 1.64 bits per heavy atom. The monoisotopic (exact) mass is 173 g/mol. The molecular formula is C9H21OSi. The van der Waals surface area contributed by atoms with Crippen LogP contribution in [0.4, 0.5) is 0 Å². The molecule has 2 heteroatoms. The number of hydrogen-bond donors (Lipinski definition) is 0. The minimum Gasteiger partial charge on any atom is -0.414 e. The van der Waals surface area contributed by atoms with E-state index in [1.165, 1.54) is 0 Å². The van der Waals surface area contributed by atoms with E-state index in [1.54, 1.807) is 0 Å². The van der Waals surface area contributed by atoms with Gasteiger partial charge in [0.1, 0.15) is 0 Å². The second-order valence-electron chi connectivity index (χ2n) is 4.69. The van der Waals surface area contributed by atoms with Crippen molar-refractivity contribution in [1.82, 2.24) is 0 Å². The Balaban J connectivity index is 4.22. The molecule has 0 aliphatic rings. The van der Waals surface area contributed by atoms with Crippen molar-refractivity contribution in [1.29, 1.82) is 0 Å². The largest absolute Gasteiger partial charge is 0.414 e. The third-order valence-electron chi connectivity index (χ3n) is 2.30. The lowest BCUT2D eigenvalue weighted by Gasteiger charge is -2.37. The van der Waals surface area contributed by atoms with E-state index in [4.69, 9.17) is 4.43 Å². The molecule has 0 spiro atoms. The molecule has 0 aromatic rings. The quantitative estimate of drug-likeness (QED) is 0.583. The SMILES string of the molecule is [CH2][C@@H](C)O[Si](C)(C)C(C)(C)C. The maximum Gasteiger partial charge on any atom is 0.192 e. The predicted molar refractivity (Wildman–Crippen MR) is 53.1 cm³/mol. The van der Waals surface area contributed by atoms with E-state index in [-0.39, 0.29) is 6.10 Å². The van der Waals surface area contributed by atoms with Gasteiger partial charge in [0, 0.05) is 6.10 Å². The molecule has 0 rings (SSSR count). The van der Waals surface area contributed by atoms with Crippen molar-refractivity contribution in [3.05, 3.63) is 6.92 Å². The summed E-state index contributed by atoms with van der Waals surface area (Å²) in [5.74, 6) is 0. The molecule has 67 valence electrons. The Morgan fingerprint density at radius 3 is 1.73 bits per heavy atom. The molecule has 0 heterocycles. The highest BCUT2D eigenvalue weighted by molar-refractivity contribution is 6.74. The molecule has 0 saturated carbocycles. The molecule has 0 N–H and O–H groups in total. The topological polar surface area (TPSA) is 9.23 Å². The van der Waals surface area contributed by atoms with Crippen LogP contribution in [0, 0.1) is 6.92 Å². The first-order chi connectivity index (χ1) is 4.67. The van der Waals surface area contributed by atoms with Gasteiger partial charge in [-0.2, -0.15) is 0 Å². The van der Waals surface area contributed by atoms with Gasteiger partial charge in [-0.05, 0) is 32.0 Å². The summed E-state index contributed by atoms with van der Waals surface area (Å²) >= 11 is 0. The molecule has 1 atom stereocenters. The van der Waals surface area contributed by atoms with E-state index in [9.17, 15) is 0 Å². The lowest BCUT2D eigenvalue weighted by Crippen LogP contribution is -2.42. The Labute approximate surface area is 72.3 Å². The van der Waals surface area contributed by atoms with Crippen molar-refractivity contribution >= 4 is 8.32 Å². The summed E-state index contributed by atoms with van der Waals surface area (Å²) in [7, 11) is -1.53. The first-order valence-electron chi connectivity index (χ1n) is 4.18. The highest BCUT2D eigenvalue weighted by Gasteiger charge is 2.37. The van der Waals surface area contributed by atoms with Crippen molar-refractivity contribution < 1.29 is 4.43 Å². The van der Waals surface area contributed by atoms with Gasteiger partial charge in [-0.3, -0.25) is 0 Å². The van der Waals surface area contributed by atoms with Crippen LogP contribution >= 0.6 is 0 Å². The van der Waals surface area contributed by atoms with Crippen molar-refractivity contribution in [2.45, 2.75) is 51.9 Å². The van der Waals surface area contributed by atoms with Gasteiger partial charge < -0.3 is 4.43 Å². The van der Waals surface area contributed by atoms with Crippen LogP contribution in [0.25, 0.3) is 0 Å². The van der Waals surface area contributed by atoms with Crippen molar-refractivity contribution in [2.24, 2.45) is 0 Å². The minimum atomic E-state index is -1.53. The van der Waals surface area contributed by atoms with Crippen LogP contribution in [0.1, 0.15) is 27.7 Å². The zero-order valence-corrected chi connectivity index (χ0v) is 9.69. The molecule has 0 fully saturated rings. The molecule has 0 saturated heterocycles. The summed E-state index contributed by atoms with van der Waals surface area (Å²) in [6.07, 6.45) is 0.121. The number of hydrogen-bond acceptors (Lipinski definition) is 1. The Bertz CT molecular complexity index is 122. The summed E-state index contributed by atoms with van der Waals surface area (Å²) in [5.41, 5.74) is 0. The molecular weight excluding hydrogens is 152 g/mol. The zero-order chi connectivity index (χ0) is 9.28. The van der Waals surface area contributed by atoms with E-state index in [0.29, 0.717) is 5.04 Å². The van der Waals surface area contributed by atoms with Crippen molar-refractivity contribution in [2.75, 3.05) is 0 Å². The molecule has 0 aromatic heterocycles. The van der Waals surface area contributed by atoms with Gasteiger partial charge in [0.05, 0.1) is 0 Å². The average molecular weight is 173 g/mol. The normalized spacial score (nSPS) is 14.2. The van der Waals surface area contributed by atoms with E-state index in [0.717, 1.165) is 0 Å². The Kier molecular flexibility index (Phi) is 3.33. The van der Waals surface area contributed by atoms with Gasteiger partial charge in [-0.25, -0.2) is 0 Å². The fourth-order valence-electron chi connectivity index (χ4n) is 0.680. The van der Waals surface area contributed by atoms with Crippen molar-refractivity contribution in [3.8, 4) is 0 Å². The first-order valence-corrected chi connectivity index (χ1v) is 7.08. The summed E-state index contributed by atoms with van der Waals surface area (Å²) in [6.45, 7) is 17.1. The third kappa shape index (κ3) is 3.39. The van der Waals surface area contributed by atoms with Gasteiger partial charge in [-0.15, -0.1) is 0 Å². The van der Waals surface area contributed by atoms with Crippen LogP contribution in [0.15, 0.2) is 0 Å². The van der Waals surface area contributed by atoms with Crippen LogP contribution in [-0.2, 0) is 4.43 Å². The van der Waals surface area contributed by atoms with E-state index < -0.39 is 8.32 Å². The standard InChI is InChI=1S/C9H21OSi/c1-8(2)10-11(6,7)9(3,4)5/h8H,1H2,2-7H3/t8-/m0/s1. The molecule has 0 aromatic carbocycles. The van der Waals surface area contributed by atoms with Gasteiger partial charge in [0.2, 0.25) is 0 Å². The molecule has 0 aliphatic heterocycles. The van der Waals surface area contributed by atoms with Crippen molar-refractivity contribution in [3.63, 3.8) is 0 Å². The summed E-state index contributed by atoms with van der Waals surface area (Å²) < 4.78 is 5.83. The summed E-state index contributed by atoms with van der Waals surface area (Å²) in [6, 6.07) is 0.